The molecule has 104 valence electrons. The molecule has 0 aliphatic carbocycles. The SMILES string of the molecule is CCOc1ccc(OCC)c(NC(=O)CC(=O)O)c1. The van der Waals surface area contributed by atoms with Gasteiger partial charge in [-0.15, -0.1) is 0 Å². The molecule has 6 nitrogen and oxygen atoms in total. The Hall–Kier alpha value is -2.24. The van der Waals surface area contributed by atoms with Gasteiger partial charge in [0.25, 0.3) is 0 Å². The Balaban J connectivity index is 2.89. The first-order valence-corrected chi connectivity index (χ1v) is 5.98. The van der Waals surface area contributed by atoms with E-state index in [1.54, 1.807) is 18.2 Å². The van der Waals surface area contributed by atoms with Crippen molar-refractivity contribution < 1.29 is 24.2 Å². The molecule has 0 atom stereocenters. The quantitative estimate of drug-likeness (QED) is 0.737. The molecule has 0 saturated heterocycles. The highest BCUT2D eigenvalue weighted by Gasteiger charge is 2.12. The maximum atomic E-state index is 11.5. The van der Waals surface area contributed by atoms with Gasteiger partial charge in [0.05, 0.1) is 18.9 Å². The molecule has 1 aromatic rings. The molecule has 1 rings (SSSR count). The maximum Gasteiger partial charge on any atom is 0.312 e. The number of carbonyl (C=O) groups excluding carboxylic acids is 1. The third-order valence-corrected chi connectivity index (χ3v) is 2.15. The van der Waals surface area contributed by atoms with Crippen molar-refractivity contribution in [3.05, 3.63) is 18.2 Å². The number of rotatable bonds is 7. The Morgan fingerprint density at radius 3 is 2.47 bits per heavy atom. The van der Waals surface area contributed by atoms with E-state index in [0.717, 1.165) is 0 Å². The Morgan fingerprint density at radius 2 is 1.89 bits per heavy atom. The molecule has 0 aliphatic rings. The van der Waals surface area contributed by atoms with Crippen LogP contribution in [0.1, 0.15) is 20.3 Å². The van der Waals surface area contributed by atoms with Crippen molar-refractivity contribution in [1.29, 1.82) is 0 Å². The van der Waals surface area contributed by atoms with Gasteiger partial charge in [0.1, 0.15) is 17.9 Å². The summed E-state index contributed by atoms with van der Waals surface area (Å²) in [7, 11) is 0. The summed E-state index contributed by atoms with van der Waals surface area (Å²) in [6, 6.07) is 5.00. The molecule has 0 bridgehead atoms. The molecule has 0 saturated carbocycles. The molecule has 19 heavy (non-hydrogen) atoms. The molecule has 0 spiro atoms. The maximum absolute atomic E-state index is 11.5. The molecule has 1 aromatic carbocycles. The summed E-state index contributed by atoms with van der Waals surface area (Å²) in [5, 5.41) is 11.1. The van der Waals surface area contributed by atoms with Crippen molar-refractivity contribution in [2.75, 3.05) is 18.5 Å². The lowest BCUT2D eigenvalue weighted by molar-refractivity contribution is -0.139. The smallest absolute Gasteiger partial charge is 0.312 e. The largest absolute Gasteiger partial charge is 0.494 e. The van der Waals surface area contributed by atoms with Crippen molar-refractivity contribution in [2.24, 2.45) is 0 Å². The van der Waals surface area contributed by atoms with Gasteiger partial charge in [-0.05, 0) is 26.0 Å². The van der Waals surface area contributed by atoms with Crippen LogP contribution in [0.3, 0.4) is 0 Å². The first kappa shape index (κ1) is 14.8. The molecule has 6 heteroatoms. The number of ether oxygens (including phenoxy) is 2. The van der Waals surface area contributed by atoms with E-state index < -0.39 is 18.3 Å². The van der Waals surface area contributed by atoms with Gasteiger partial charge in [-0.2, -0.15) is 0 Å². The van der Waals surface area contributed by atoms with Crippen LogP contribution in [-0.4, -0.2) is 30.2 Å². The average Bonchev–Trinajstić information content (AvgIpc) is 2.32. The average molecular weight is 267 g/mol. The normalized spacial score (nSPS) is 9.79. The lowest BCUT2D eigenvalue weighted by atomic mass is 10.2. The molecule has 0 aliphatic heterocycles. The molecule has 0 unspecified atom stereocenters. The first-order valence-electron chi connectivity index (χ1n) is 5.98. The van der Waals surface area contributed by atoms with Crippen molar-refractivity contribution in [2.45, 2.75) is 20.3 Å². The minimum absolute atomic E-state index is 0.402. The second-order valence-electron chi connectivity index (χ2n) is 3.64. The highest BCUT2D eigenvalue weighted by Crippen LogP contribution is 2.29. The number of hydrogen-bond acceptors (Lipinski definition) is 4. The summed E-state index contributed by atoms with van der Waals surface area (Å²) >= 11 is 0. The minimum Gasteiger partial charge on any atom is -0.494 e. The molecular formula is C13H17NO5. The number of anilines is 1. The van der Waals surface area contributed by atoms with Crippen LogP contribution in [0.25, 0.3) is 0 Å². The van der Waals surface area contributed by atoms with Crippen molar-refractivity contribution in [3.8, 4) is 11.5 Å². The number of carbonyl (C=O) groups is 2. The monoisotopic (exact) mass is 267 g/mol. The van der Waals surface area contributed by atoms with Gasteiger partial charge in [0, 0.05) is 6.07 Å². The standard InChI is InChI=1S/C13H17NO5/c1-3-18-9-5-6-11(19-4-2)10(7-9)14-12(15)8-13(16)17/h5-7H,3-4,8H2,1-2H3,(H,14,15)(H,16,17). The lowest BCUT2D eigenvalue weighted by Gasteiger charge is -2.13. The number of hydrogen-bond donors (Lipinski definition) is 2. The van der Waals surface area contributed by atoms with E-state index in [1.807, 2.05) is 13.8 Å². The molecular weight excluding hydrogens is 250 g/mol. The Labute approximate surface area is 111 Å². The molecule has 2 N–H and O–H groups in total. The molecule has 0 fully saturated rings. The third-order valence-electron chi connectivity index (χ3n) is 2.15. The number of carboxylic acids is 1. The van der Waals surface area contributed by atoms with Crippen LogP contribution in [0.2, 0.25) is 0 Å². The van der Waals surface area contributed by atoms with Gasteiger partial charge in [0.15, 0.2) is 0 Å². The van der Waals surface area contributed by atoms with Gasteiger partial charge in [0.2, 0.25) is 5.91 Å². The predicted molar refractivity (Wildman–Crippen MR) is 69.7 cm³/mol. The van der Waals surface area contributed by atoms with E-state index in [2.05, 4.69) is 5.32 Å². The number of carboxylic acid groups (broad SMARTS) is 1. The van der Waals surface area contributed by atoms with Crippen LogP contribution in [0.4, 0.5) is 5.69 Å². The fourth-order valence-electron chi connectivity index (χ4n) is 1.48. The summed E-state index contributed by atoms with van der Waals surface area (Å²) < 4.78 is 10.7. The summed E-state index contributed by atoms with van der Waals surface area (Å²) in [4.78, 5) is 21.9. The van der Waals surface area contributed by atoms with E-state index in [4.69, 9.17) is 14.6 Å². The summed E-state index contributed by atoms with van der Waals surface area (Å²) in [5.41, 5.74) is 0.402. The van der Waals surface area contributed by atoms with Crippen LogP contribution in [0.5, 0.6) is 11.5 Å². The van der Waals surface area contributed by atoms with Gasteiger partial charge < -0.3 is 19.9 Å². The van der Waals surface area contributed by atoms with Crippen LogP contribution in [0, 0.1) is 0 Å². The van der Waals surface area contributed by atoms with Gasteiger partial charge >= 0.3 is 5.97 Å². The van der Waals surface area contributed by atoms with E-state index >= 15 is 0 Å². The van der Waals surface area contributed by atoms with Crippen LogP contribution < -0.4 is 14.8 Å². The van der Waals surface area contributed by atoms with Crippen molar-refractivity contribution in [1.82, 2.24) is 0 Å². The van der Waals surface area contributed by atoms with Gasteiger partial charge in [-0.3, -0.25) is 9.59 Å². The highest BCUT2D eigenvalue weighted by molar-refractivity contribution is 6.02. The molecule has 0 heterocycles. The van der Waals surface area contributed by atoms with Crippen LogP contribution in [0.15, 0.2) is 18.2 Å². The number of benzene rings is 1. The van der Waals surface area contributed by atoms with Crippen LogP contribution in [-0.2, 0) is 9.59 Å². The number of amides is 1. The molecule has 1 amide bonds. The second kappa shape index (κ2) is 7.25. The third kappa shape index (κ3) is 4.87. The summed E-state index contributed by atoms with van der Waals surface area (Å²) in [6.45, 7) is 4.60. The predicted octanol–water partition coefficient (Wildman–Crippen LogP) is 1.90. The Morgan fingerprint density at radius 1 is 1.21 bits per heavy atom. The zero-order valence-electron chi connectivity index (χ0n) is 10.9. The lowest BCUT2D eigenvalue weighted by Crippen LogP contribution is -2.16. The van der Waals surface area contributed by atoms with E-state index in [0.29, 0.717) is 30.4 Å². The Kier molecular flexibility index (Phi) is 5.66. The molecule has 0 radical (unpaired) electrons. The minimum atomic E-state index is -1.18. The number of nitrogens with one attached hydrogen (secondary N) is 1. The fraction of sp³-hybridized carbons (Fsp3) is 0.385. The second-order valence-corrected chi connectivity index (χ2v) is 3.64. The number of aliphatic carboxylic acids is 1. The highest BCUT2D eigenvalue weighted by atomic mass is 16.5. The summed E-state index contributed by atoms with van der Waals surface area (Å²) in [5.74, 6) is -0.736. The van der Waals surface area contributed by atoms with Crippen LogP contribution >= 0.6 is 0 Å². The van der Waals surface area contributed by atoms with Gasteiger partial charge in [-0.1, -0.05) is 0 Å². The fourth-order valence-corrected chi connectivity index (χ4v) is 1.48. The Bertz CT molecular complexity index is 458. The van der Waals surface area contributed by atoms with E-state index in [-0.39, 0.29) is 0 Å². The van der Waals surface area contributed by atoms with E-state index in [9.17, 15) is 9.59 Å². The first-order chi connectivity index (χ1) is 9.06. The van der Waals surface area contributed by atoms with E-state index in [1.165, 1.54) is 0 Å². The molecule has 0 aromatic heterocycles. The van der Waals surface area contributed by atoms with Gasteiger partial charge in [-0.25, -0.2) is 0 Å². The van der Waals surface area contributed by atoms with Crippen molar-refractivity contribution >= 4 is 17.6 Å². The topological polar surface area (TPSA) is 84.9 Å². The zero-order valence-corrected chi connectivity index (χ0v) is 10.9. The zero-order chi connectivity index (χ0) is 14.3. The van der Waals surface area contributed by atoms with Crippen molar-refractivity contribution in [3.63, 3.8) is 0 Å². The summed E-state index contributed by atoms with van der Waals surface area (Å²) in [6.07, 6.45) is -0.593.